The summed E-state index contributed by atoms with van der Waals surface area (Å²) in [6.45, 7) is 26.5. The molecule has 0 saturated carbocycles. The first-order valence-corrected chi connectivity index (χ1v) is 14.3. The van der Waals surface area contributed by atoms with Crippen LogP contribution in [-0.2, 0) is 23.9 Å². The molecule has 0 fully saturated rings. The molecular formula is C30H55F3N2O5. The molecule has 1 rings (SSSR count). The van der Waals surface area contributed by atoms with E-state index in [-0.39, 0.29) is 23.4 Å². The molecule has 0 aromatic rings. The van der Waals surface area contributed by atoms with Crippen molar-refractivity contribution in [2.45, 2.75) is 139 Å². The predicted molar refractivity (Wildman–Crippen MR) is 157 cm³/mol. The summed E-state index contributed by atoms with van der Waals surface area (Å²) in [6, 6.07) is -0.622. The van der Waals surface area contributed by atoms with Crippen molar-refractivity contribution in [2.75, 3.05) is 6.61 Å². The molecule has 7 nitrogen and oxygen atoms in total. The number of carbonyl (C=O) groups excluding carboxylic acids is 2. The second-order valence-corrected chi connectivity index (χ2v) is 9.84. The van der Waals surface area contributed by atoms with Crippen molar-refractivity contribution in [1.29, 1.82) is 0 Å². The molecule has 0 aliphatic carbocycles. The molecule has 1 N–H and O–H groups in total. The van der Waals surface area contributed by atoms with Gasteiger partial charge in [0.05, 0.1) is 12.4 Å². The van der Waals surface area contributed by atoms with Gasteiger partial charge in [0.15, 0.2) is 11.8 Å². The minimum atomic E-state index is -4.44. The standard InChI is InChI=1S/C20H37NO4.C6H6F3NO.2C2H6/c1-8-10-12-16(9-2)24-14-11-13-17(22)21-18(15(3)4)19(23)25-20(5,6)7;1-3-4(2)11-10-5(3)6(7,8)9;2*1-2/h9,15,18H,8,10-14H2,1-7H3,(H,21,22);4H,1H2,2H3;2*1-2H3/b16-9+;;;. The number of esters is 1. The second kappa shape index (κ2) is 22.2. The summed E-state index contributed by atoms with van der Waals surface area (Å²) in [6.07, 6.45) is 0.996. The molecule has 1 aliphatic rings. The number of hydrogen-bond donors (Lipinski definition) is 1. The normalized spacial score (nSPS) is 15.6. The molecule has 1 aliphatic heterocycles. The Morgan fingerprint density at radius 2 is 1.65 bits per heavy atom. The third-order valence-corrected chi connectivity index (χ3v) is 4.94. The Bertz CT molecular complexity index is 785. The van der Waals surface area contributed by atoms with Gasteiger partial charge in [-0.3, -0.25) is 4.79 Å². The lowest BCUT2D eigenvalue weighted by atomic mass is 10.0. The lowest BCUT2D eigenvalue weighted by Crippen LogP contribution is -2.47. The summed E-state index contributed by atoms with van der Waals surface area (Å²) in [5.41, 5.74) is -1.69. The zero-order chi connectivity index (χ0) is 32.1. The number of unbranched alkanes of at least 4 members (excludes halogenated alkanes) is 1. The number of alkyl halides is 3. The first kappa shape index (κ1) is 42.0. The SMILES string of the molecule is C/C=C(\CCCC)OCCCC(=O)NC(C(=O)OC(C)(C)C)C(C)C.C=C1C(C(F)(F)F)=NOC1C.CC.CC. The number of halogens is 3. The minimum Gasteiger partial charge on any atom is -0.498 e. The molecule has 2 unspecified atom stereocenters. The Hall–Kier alpha value is -2.52. The molecule has 1 heterocycles. The fourth-order valence-electron chi connectivity index (χ4n) is 2.88. The van der Waals surface area contributed by atoms with Crippen molar-refractivity contribution >= 4 is 17.6 Å². The summed E-state index contributed by atoms with van der Waals surface area (Å²) >= 11 is 0. The van der Waals surface area contributed by atoms with Crippen LogP contribution in [0.15, 0.2) is 29.1 Å². The van der Waals surface area contributed by atoms with Crippen LogP contribution < -0.4 is 5.32 Å². The van der Waals surface area contributed by atoms with Crippen molar-refractivity contribution in [3.63, 3.8) is 0 Å². The van der Waals surface area contributed by atoms with Crippen LogP contribution in [0, 0.1) is 5.92 Å². The van der Waals surface area contributed by atoms with Crippen molar-refractivity contribution in [1.82, 2.24) is 5.32 Å². The molecule has 0 aromatic heterocycles. The Balaban J connectivity index is -0.000000752. The molecule has 0 spiro atoms. The number of allylic oxidation sites excluding steroid dienone is 2. The van der Waals surface area contributed by atoms with Crippen LogP contribution in [-0.4, -0.2) is 48.1 Å². The third kappa shape index (κ3) is 19.5. The van der Waals surface area contributed by atoms with Gasteiger partial charge in [-0.15, -0.1) is 0 Å². The van der Waals surface area contributed by atoms with Gasteiger partial charge in [-0.1, -0.05) is 66.6 Å². The number of amides is 1. The largest absolute Gasteiger partial charge is 0.498 e. The molecule has 10 heteroatoms. The van der Waals surface area contributed by atoms with Gasteiger partial charge >= 0.3 is 12.1 Å². The van der Waals surface area contributed by atoms with Crippen molar-refractivity contribution in [3.05, 3.63) is 24.0 Å². The van der Waals surface area contributed by atoms with Crippen LogP contribution >= 0.6 is 0 Å². The maximum absolute atomic E-state index is 12.2. The van der Waals surface area contributed by atoms with Gasteiger partial charge in [-0.25, -0.2) is 4.79 Å². The fourth-order valence-corrected chi connectivity index (χ4v) is 2.88. The number of hydrogen-bond acceptors (Lipinski definition) is 6. The van der Waals surface area contributed by atoms with Gasteiger partial charge in [0.25, 0.3) is 0 Å². The van der Waals surface area contributed by atoms with E-state index in [0.717, 1.165) is 25.0 Å². The zero-order valence-corrected chi connectivity index (χ0v) is 26.9. The van der Waals surface area contributed by atoms with Crippen LogP contribution in [0.3, 0.4) is 0 Å². The van der Waals surface area contributed by atoms with Gasteiger partial charge in [-0.05, 0) is 59.5 Å². The maximum atomic E-state index is 12.2. The van der Waals surface area contributed by atoms with Gasteiger partial charge in [0.2, 0.25) is 5.91 Å². The van der Waals surface area contributed by atoms with Crippen LogP contribution in [0.5, 0.6) is 0 Å². The highest BCUT2D eigenvalue weighted by molar-refractivity contribution is 6.05. The van der Waals surface area contributed by atoms with Crippen LogP contribution in [0.25, 0.3) is 0 Å². The Morgan fingerprint density at radius 1 is 1.10 bits per heavy atom. The summed E-state index contributed by atoms with van der Waals surface area (Å²) in [5.74, 6) is 0.418. The summed E-state index contributed by atoms with van der Waals surface area (Å²) in [7, 11) is 0. The van der Waals surface area contributed by atoms with Crippen LogP contribution in [0.4, 0.5) is 13.2 Å². The average molecular weight is 581 g/mol. The van der Waals surface area contributed by atoms with Crippen molar-refractivity contribution in [2.24, 2.45) is 11.1 Å². The fraction of sp³-hybridized carbons (Fsp3) is 0.767. The first-order valence-electron chi connectivity index (χ1n) is 14.3. The lowest BCUT2D eigenvalue weighted by molar-refractivity contribution is -0.160. The van der Waals surface area contributed by atoms with E-state index in [9.17, 15) is 22.8 Å². The van der Waals surface area contributed by atoms with Crippen LogP contribution in [0.1, 0.15) is 115 Å². The number of carbonyl (C=O) groups is 2. The van der Waals surface area contributed by atoms with E-state index >= 15 is 0 Å². The van der Waals surface area contributed by atoms with E-state index in [0.29, 0.717) is 19.4 Å². The topological polar surface area (TPSA) is 86.2 Å². The highest BCUT2D eigenvalue weighted by Gasteiger charge is 2.43. The smallest absolute Gasteiger partial charge is 0.437 e. The van der Waals surface area contributed by atoms with E-state index in [1.807, 2.05) is 75.3 Å². The average Bonchev–Trinajstić information content (AvgIpc) is 3.22. The number of nitrogens with zero attached hydrogens (tertiary/aromatic N) is 1. The number of ether oxygens (including phenoxy) is 2. The second-order valence-electron chi connectivity index (χ2n) is 9.84. The number of nitrogens with one attached hydrogen (secondary N) is 1. The predicted octanol–water partition coefficient (Wildman–Crippen LogP) is 8.29. The van der Waals surface area contributed by atoms with E-state index in [2.05, 4.69) is 28.8 Å². The summed E-state index contributed by atoms with van der Waals surface area (Å²) < 4.78 is 46.8. The molecule has 2 atom stereocenters. The first-order chi connectivity index (χ1) is 18.5. The van der Waals surface area contributed by atoms with Gasteiger partial charge in [0, 0.05) is 18.4 Å². The van der Waals surface area contributed by atoms with E-state index in [1.54, 1.807) is 0 Å². The van der Waals surface area contributed by atoms with E-state index < -0.39 is 29.6 Å². The van der Waals surface area contributed by atoms with E-state index in [1.165, 1.54) is 6.92 Å². The number of oxime groups is 1. The van der Waals surface area contributed by atoms with Gasteiger partial charge in [0.1, 0.15) is 11.6 Å². The Kier molecular flexibility index (Phi) is 23.3. The van der Waals surface area contributed by atoms with Gasteiger partial charge < -0.3 is 19.6 Å². The Labute approximate surface area is 241 Å². The van der Waals surface area contributed by atoms with Crippen molar-refractivity contribution < 1.29 is 37.1 Å². The molecule has 0 saturated heterocycles. The Morgan fingerprint density at radius 3 is 2.00 bits per heavy atom. The molecule has 0 radical (unpaired) electrons. The van der Waals surface area contributed by atoms with E-state index in [4.69, 9.17) is 9.47 Å². The monoisotopic (exact) mass is 580 g/mol. The highest BCUT2D eigenvalue weighted by Crippen LogP contribution is 2.28. The zero-order valence-electron chi connectivity index (χ0n) is 26.9. The molecular weight excluding hydrogens is 525 g/mol. The lowest BCUT2D eigenvalue weighted by Gasteiger charge is -2.26. The molecule has 0 bridgehead atoms. The maximum Gasteiger partial charge on any atom is 0.437 e. The quantitative estimate of drug-likeness (QED) is 0.151. The molecule has 1 amide bonds. The number of rotatable bonds is 11. The molecule has 40 heavy (non-hydrogen) atoms. The van der Waals surface area contributed by atoms with Crippen LogP contribution in [0.2, 0.25) is 0 Å². The van der Waals surface area contributed by atoms with Gasteiger partial charge in [-0.2, -0.15) is 13.2 Å². The summed E-state index contributed by atoms with van der Waals surface area (Å²) in [5, 5.41) is 5.65. The van der Waals surface area contributed by atoms with Crippen molar-refractivity contribution in [3.8, 4) is 0 Å². The third-order valence-electron chi connectivity index (χ3n) is 4.94. The molecule has 0 aromatic carbocycles. The molecule has 236 valence electrons. The summed E-state index contributed by atoms with van der Waals surface area (Å²) in [4.78, 5) is 28.7. The highest BCUT2D eigenvalue weighted by atomic mass is 19.4. The minimum absolute atomic E-state index is 0.0290.